The normalized spacial score (nSPS) is 14.8. The van der Waals surface area contributed by atoms with E-state index in [1.807, 2.05) is 62.6 Å². The van der Waals surface area contributed by atoms with Crippen molar-refractivity contribution >= 4 is 23.4 Å². The number of hydrogen-bond acceptors (Lipinski definition) is 5. The van der Waals surface area contributed by atoms with Crippen LogP contribution in [-0.2, 0) is 4.74 Å². The number of hydrogen-bond donors (Lipinski definition) is 0. The predicted octanol–water partition coefficient (Wildman–Crippen LogP) is 4.76. The highest BCUT2D eigenvalue weighted by molar-refractivity contribution is 7.11. The Bertz CT molecular complexity index is 741. The Labute approximate surface area is 145 Å². The van der Waals surface area contributed by atoms with Gasteiger partial charge in [0.15, 0.2) is 11.5 Å². The molecule has 0 amide bonds. The van der Waals surface area contributed by atoms with Crippen molar-refractivity contribution in [1.29, 1.82) is 0 Å². The van der Waals surface area contributed by atoms with Crippen molar-refractivity contribution in [2.45, 2.75) is 26.9 Å². The van der Waals surface area contributed by atoms with Gasteiger partial charge in [0, 0.05) is 5.41 Å². The molecule has 24 heavy (non-hydrogen) atoms. The minimum absolute atomic E-state index is 0.209. The summed E-state index contributed by atoms with van der Waals surface area (Å²) in [6.45, 7) is 6.39. The van der Waals surface area contributed by atoms with E-state index in [0.29, 0.717) is 4.88 Å². The standard InChI is InChI=1S/C19H20O4S/c1-19(2,3)17(23-18(20)16-5-4-10-24-16)9-7-13-6-8-14-15(11-13)22-12-21-14/h4-11,17H,12H2,1-3H3/b9-7+. The highest BCUT2D eigenvalue weighted by atomic mass is 32.1. The largest absolute Gasteiger partial charge is 0.454 e. The van der Waals surface area contributed by atoms with Crippen molar-refractivity contribution in [3.8, 4) is 11.5 Å². The van der Waals surface area contributed by atoms with Crippen molar-refractivity contribution < 1.29 is 19.0 Å². The van der Waals surface area contributed by atoms with Crippen LogP contribution in [0.5, 0.6) is 11.5 Å². The maximum absolute atomic E-state index is 12.2. The second-order valence-corrected chi connectivity index (χ2v) is 7.59. The smallest absolute Gasteiger partial charge is 0.348 e. The Hall–Kier alpha value is -2.27. The molecule has 3 rings (SSSR count). The molecule has 1 aromatic heterocycles. The van der Waals surface area contributed by atoms with Crippen molar-refractivity contribution in [2.24, 2.45) is 5.41 Å². The maximum Gasteiger partial charge on any atom is 0.348 e. The van der Waals surface area contributed by atoms with Crippen molar-refractivity contribution in [2.75, 3.05) is 6.79 Å². The zero-order valence-electron chi connectivity index (χ0n) is 13.9. The third-order valence-corrected chi connectivity index (χ3v) is 4.52. The van der Waals surface area contributed by atoms with Gasteiger partial charge in [-0.1, -0.05) is 39.0 Å². The molecule has 0 saturated heterocycles. The summed E-state index contributed by atoms with van der Waals surface area (Å²) < 4.78 is 16.4. The molecule has 1 unspecified atom stereocenters. The van der Waals surface area contributed by atoms with Gasteiger partial charge in [-0.2, -0.15) is 0 Å². The van der Waals surface area contributed by atoms with Gasteiger partial charge in [-0.05, 0) is 35.2 Å². The molecule has 1 atom stereocenters. The zero-order chi connectivity index (χ0) is 17.2. The van der Waals surface area contributed by atoms with Crippen LogP contribution in [0.4, 0.5) is 0 Å². The second kappa shape index (κ2) is 6.69. The highest BCUT2D eigenvalue weighted by Gasteiger charge is 2.27. The summed E-state index contributed by atoms with van der Waals surface area (Å²) in [7, 11) is 0. The zero-order valence-corrected chi connectivity index (χ0v) is 14.8. The summed E-state index contributed by atoms with van der Waals surface area (Å²) >= 11 is 1.38. The van der Waals surface area contributed by atoms with Gasteiger partial charge in [0.1, 0.15) is 11.0 Å². The Balaban J connectivity index is 1.76. The van der Waals surface area contributed by atoms with Crippen LogP contribution in [0.25, 0.3) is 6.08 Å². The van der Waals surface area contributed by atoms with Crippen LogP contribution in [-0.4, -0.2) is 18.9 Å². The summed E-state index contributed by atoms with van der Waals surface area (Å²) in [6, 6.07) is 9.36. The first-order valence-electron chi connectivity index (χ1n) is 7.76. The fourth-order valence-corrected chi connectivity index (χ4v) is 2.89. The predicted molar refractivity (Wildman–Crippen MR) is 94.6 cm³/mol. The number of benzene rings is 1. The lowest BCUT2D eigenvalue weighted by Gasteiger charge is -2.27. The molecule has 0 saturated carbocycles. The molecular weight excluding hydrogens is 324 g/mol. The van der Waals surface area contributed by atoms with Gasteiger partial charge in [0.2, 0.25) is 6.79 Å². The van der Waals surface area contributed by atoms with Crippen LogP contribution in [0.2, 0.25) is 0 Å². The Morgan fingerprint density at radius 2 is 2.04 bits per heavy atom. The number of rotatable bonds is 4. The lowest BCUT2D eigenvalue weighted by Crippen LogP contribution is -2.29. The fraction of sp³-hybridized carbons (Fsp3) is 0.316. The number of esters is 1. The SMILES string of the molecule is CC(C)(C)C(/C=C/c1ccc2c(c1)OCO2)OC(=O)c1cccs1. The van der Waals surface area contributed by atoms with Gasteiger partial charge in [-0.25, -0.2) is 4.79 Å². The van der Waals surface area contributed by atoms with Crippen LogP contribution >= 0.6 is 11.3 Å². The van der Waals surface area contributed by atoms with Gasteiger partial charge in [-0.15, -0.1) is 11.3 Å². The van der Waals surface area contributed by atoms with Gasteiger partial charge in [0.05, 0.1) is 0 Å². The van der Waals surface area contributed by atoms with E-state index in [1.165, 1.54) is 11.3 Å². The summed E-state index contributed by atoms with van der Waals surface area (Å²) in [6.07, 6.45) is 3.53. The summed E-state index contributed by atoms with van der Waals surface area (Å²) in [5, 5.41) is 1.87. The molecule has 0 spiro atoms. The van der Waals surface area contributed by atoms with E-state index in [4.69, 9.17) is 14.2 Å². The lowest BCUT2D eigenvalue weighted by molar-refractivity contribution is 0.0157. The first kappa shape index (κ1) is 16.6. The third-order valence-electron chi connectivity index (χ3n) is 3.67. The van der Waals surface area contributed by atoms with Gasteiger partial charge in [-0.3, -0.25) is 0 Å². The van der Waals surface area contributed by atoms with E-state index in [1.54, 1.807) is 6.07 Å². The molecular formula is C19H20O4S. The third kappa shape index (κ3) is 3.79. The fourth-order valence-electron chi connectivity index (χ4n) is 2.29. The monoisotopic (exact) mass is 344 g/mol. The summed E-state index contributed by atoms with van der Waals surface area (Å²) in [4.78, 5) is 12.9. The molecule has 1 aliphatic heterocycles. The molecule has 1 aromatic carbocycles. The number of thiophene rings is 1. The summed E-state index contributed by atoms with van der Waals surface area (Å²) in [5.74, 6) is 1.20. The van der Waals surface area contributed by atoms with E-state index >= 15 is 0 Å². The molecule has 0 fully saturated rings. The van der Waals surface area contributed by atoms with E-state index in [9.17, 15) is 4.79 Å². The Morgan fingerprint density at radius 3 is 2.75 bits per heavy atom. The molecule has 4 nitrogen and oxygen atoms in total. The van der Waals surface area contributed by atoms with Gasteiger partial charge >= 0.3 is 5.97 Å². The van der Waals surface area contributed by atoms with Gasteiger partial charge in [0.25, 0.3) is 0 Å². The van der Waals surface area contributed by atoms with Crippen molar-refractivity contribution in [3.05, 3.63) is 52.2 Å². The Kier molecular flexibility index (Phi) is 4.62. The molecule has 2 heterocycles. The first-order valence-corrected chi connectivity index (χ1v) is 8.64. The van der Waals surface area contributed by atoms with Crippen molar-refractivity contribution in [1.82, 2.24) is 0 Å². The molecule has 0 bridgehead atoms. The number of carbonyl (C=O) groups is 1. The van der Waals surface area contributed by atoms with E-state index < -0.39 is 0 Å². The first-order chi connectivity index (χ1) is 11.4. The number of fused-ring (bicyclic) bond motifs is 1. The number of ether oxygens (including phenoxy) is 3. The van der Waals surface area contributed by atoms with Crippen LogP contribution in [0, 0.1) is 5.41 Å². The van der Waals surface area contributed by atoms with E-state index in [2.05, 4.69) is 0 Å². The lowest BCUT2D eigenvalue weighted by atomic mass is 9.88. The second-order valence-electron chi connectivity index (χ2n) is 6.64. The highest BCUT2D eigenvalue weighted by Crippen LogP contribution is 2.33. The van der Waals surface area contributed by atoms with Crippen LogP contribution in [0.3, 0.4) is 0 Å². The molecule has 5 heteroatoms. The van der Waals surface area contributed by atoms with Crippen molar-refractivity contribution in [3.63, 3.8) is 0 Å². The average Bonchev–Trinajstić information content (AvgIpc) is 3.20. The van der Waals surface area contributed by atoms with Crippen LogP contribution in [0.1, 0.15) is 36.0 Å². The minimum Gasteiger partial charge on any atom is -0.454 e. The topological polar surface area (TPSA) is 44.8 Å². The quantitative estimate of drug-likeness (QED) is 0.750. The Morgan fingerprint density at radius 1 is 1.25 bits per heavy atom. The minimum atomic E-state index is -0.336. The molecule has 0 aliphatic carbocycles. The van der Waals surface area contributed by atoms with Crippen LogP contribution < -0.4 is 9.47 Å². The molecule has 2 aromatic rings. The van der Waals surface area contributed by atoms with Crippen LogP contribution in [0.15, 0.2) is 41.8 Å². The average molecular weight is 344 g/mol. The molecule has 1 aliphatic rings. The summed E-state index contributed by atoms with van der Waals surface area (Å²) in [5.41, 5.74) is 0.764. The van der Waals surface area contributed by atoms with E-state index in [-0.39, 0.29) is 24.3 Å². The van der Waals surface area contributed by atoms with Gasteiger partial charge < -0.3 is 14.2 Å². The molecule has 0 radical (unpaired) electrons. The maximum atomic E-state index is 12.2. The van der Waals surface area contributed by atoms with E-state index in [0.717, 1.165) is 17.1 Å². The number of carbonyl (C=O) groups excluding carboxylic acids is 1. The molecule has 126 valence electrons. The molecule has 0 N–H and O–H groups in total.